The average Bonchev–Trinajstić information content (AvgIpc) is 3.44. The summed E-state index contributed by atoms with van der Waals surface area (Å²) in [5.41, 5.74) is -0.192. The smallest absolute Gasteiger partial charge is 0.253 e. The molecule has 0 saturated carbocycles. The molecule has 1 amide bonds. The number of aliphatic hydroxyl groups is 1. The standard InChI is InChI=1S/C22H23N3O2S2/c1-13(2)21(4)20(26)24-19(25-21)18-15(11-14(3)12-23-18)22(27,16-7-5-9-28-16)17-8-6-10-29-17/h5-13,27H,1-4H3,(H,24,25,26). The van der Waals surface area contributed by atoms with Crippen LogP contribution in [0.2, 0.25) is 0 Å². The molecule has 1 unspecified atom stereocenters. The van der Waals surface area contributed by atoms with E-state index in [0.29, 0.717) is 17.1 Å². The second-order valence-corrected chi connectivity index (χ2v) is 9.69. The Hall–Kier alpha value is -2.35. The highest BCUT2D eigenvalue weighted by atomic mass is 32.1. The molecule has 1 atom stereocenters. The number of hydrogen-bond donors (Lipinski definition) is 2. The summed E-state index contributed by atoms with van der Waals surface area (Å²) in [5.74, 6) is 0.293. The summed E-state index contributed by atoms with van der Waals surface area (Å²) in [6.07, 6.45) is 1.74. The zero-order valence-electron chi connectivity index (χ0n) is 16.8. The van der Waals surface area contributed by atoms with Gasteiger partial charge in [0.25, 0.3) is 5.91 Å². The number of amidine groups is 1. The van der Waals surface area contributed by atoms with Crippen molar-refractivity contribution in [2.24, 2.45) is 10.9 Å². The largest absolute Gasteiger partial charge is 0.374 e. The third kappa shape index (κ3) is 3.13. The van der Waals surface area contributed by atoms with Crippen molar-refractivity contribution in [2.45, 2.75) is 38.8 Å². The van der Waals surface area contributed by atoms with Crippen LogP contribution in [-0.2, 0) is 10.4 Å². The van der Waals surface area contributed by atoms with Crippen molar-refractivity contribution >= 4 is 34.4 Å². The van der Waals surface area contributed by atoms with Gasteiger partial charge >= 0.3 is 0 Å². The molecule has 0 aliphatic carbocycles. The van der Waals surface area contributed by atoms with E-state index in [4.69, 9.17) is 4.99 Å². The first-order valence-electron chi connectivity index (χ1n) is 9.46. The maximum Gasteiger partial charge on any atom is 0.253 e. The molecular weight excluding hydrogens is 402 g/mol. The first kappa shape index (κ1) is 19.9. The molecule has 4 rings (SSSR count). The van der Waals surface area contributed by atoms with Gasteiger partial charge in [0.15, 0.2) is 11.4 Å². The highest BCUT2D eigenvalue weighted by molar-refractivity contribution is 7.11. The Morgan fingerprint density at radius 2 is 1.79 bits per heavy atom. The van der Waals surface area contributed by atoms with Crippen LogP contribution in [0.15, 0.2) is 52.3 Å². The average molecular weight is 426 g/mol. The Morgan fingerprint density at radius 1 is 1.17 bits per heavy atom. The van der Waals surface area contributed by atoms with E-state index < -0.39 is 11.1 Å². The van der Waals surface area contributed by atoms with Crippen molar-refractivity contribution in [3.8, 4) is 0 Å². The lowest BCUT2D eigenvalue weighted by Gasteiger charge is -2.28. The lowest BCUT2D eigenvalue weighted by Crippen LogP contribution is -2.41. The Bertz CT molecular complexity index is 1040. The summed E-state index contributed by atoms with van der Waals surface area (Å²) in [4.78, 5) is 23.6. The molecule has 3 aromatic heterocycles. The van der Waals surface area contributed by atoms with Gasteiger partial charge in [-0.15, -0.1) is 22.7 Å². The van der Waals surface area contributed by atoms with Gasteiger partial charge in [-0.05, 0) is 54.3 Å². The molecule has 3 aromatic rings. The second-order valence-electron chi connectivity index (χ2n) is 7.79. The van der Waals surface area contributed by atoms with Crippen LogP contribution in [0.25, 0.3) is 0 Å². The SMILES string of the molecule is Cc1cnc(C2=NC(C)(C(C)C)C(=O)N2)c(C(O)(c2cccs2)c2cccs2)c1. The minimum atomic E-state index is -1.37. The number of nitrogens with one attached hydrogen (secondary N) is 1. The number of pyridine rings is 1. The van der Waals surface area contributed by atoms with Crippen molar-refractivity contribution in [1.82, 2.24) is 10.3 Å². The maximum atomic E-state index is 12.7. The van der Waals surface area contributed by atoms with Crippen molar-refractivity contribution < 1.29 is 9.90 Å². The summed E-state index contributed by atoms with van der Waals surface area (Å²) >= 11 is 2.97. The molecule has 1 aliphatic rings. The number of carbonyl (C=O) groups excluding carboxylic acids is 1. The van der Waals surface area contributed by atoms with Crippen molar-refractivity contribution in [1.29, 1.82) is 0 Å². The molecule has 0 bridgehead atoms. The zero-order chi connectivity index (χ0) is 20.8. The van der Waals surface area contributed by atoms with Crippen LogP contribution in [0.1, 0.15) is 47.3 Å². The number of carbonyl (C=O) groups is 1. The Kier molecular flexibility index (Phi) is 4.93. The number of aliphatic imine (C=N–C) groups is 1. The highest BCUT2D eigenvalue weighted by Crippen LogP contribution is 2.43. The van der Waals surface area contributed by atoms with Crippen molar-refractivity contribution in [3.63, 3.8) is 0 Å². The quantitative estimate of drug-likeness (QED) is 0.647. The Morgan fingerprint density at radius 3 is 2.28 bits per heavy atom. The molecule has 1 aliphatic heterocycles. The number of aryl methyl sites for hydroxylation is 1. The molecule has 0 radical (unpaired) electrons. The molecule has 29 heavy (non-hydrogen) atoms. The van der Waals surface area contributed by atoms with Crippen LogP contribution in [0.4, 0.5) is 0 Å². The Labute approximate surface area is 178 Å². The van der Waals surface area contributed by atoms with Crippen LogP contribution in [0.5, 0.6) is 0 Å². The van der Waals surface area contributed by atoms with Gasteiger partial charge in [0.1, 0.15) is 11.2 Å². The van der Waals surface area contributed by atoms with Crippen LogP contribution in [-0.4, -0.2) is 27.4 Å². The van der Waals surface area contributed by atoms with Gasteiger partial charge in [0.05, 0.1) is 0 Å². The number of amides is 1. The fourth-order valence-electron chi connectivity index (χ4n) is 3.44. The second kappa shape index (κ2) is 7.16. The fraction of sp³-hybridized carbons (Fsp3) is 0.318. The van der Waals surface area contributed by atoms with Crippen LogP contribution in [0.3, 0.4) is 0 Å². The van der Waals surface area contributed by atoms with E-state index in [1.54, 1.807) is 6.20 Å². The first-order chi connectivity index (χ1) is 13.8. The van der Waals surface area contributed by atoms with Gasteiger partial charge < -0.3 is 10.4 Å². The summed E-state index contributed by atoms with van der Waals surface area (Å²) < 4.78 is 0. The molecule has 0 spiro atoms. The summed E-state index contributed by atoms with van der Waals surface area (Å²) in [5, 5.41) is 18.9. The molecule has 150 valence electrons. The third-order valence-electron chi connectivity index (χ3n) is 5.55. The van der Waals surface area contributed by atoms with Gasteiger partial charge in [-0.3, -0.25) is 9.78 Å². The number of rotatable bonds is 5. The molecule has 4 heterocycles. The predicted octanol–water partition coefficient (Wildman–Crippen LogP) is 4.09. The zero-order valence-corrected chi connectivity index (χ0v) is 18.4. The number of aromatic nitrogens is 1. The van der Waals surface area contributed by atoms with Crippen molar-refractivity contribution in [3.05, 3.63) is 73.9 Å². The highest BCUT2D eigenvalue weighted by Gasteiger charge is 2.45. The summed E-state index contributed by atoms with van der Waals surface area (Å²) in [6.45, 7) is 7.72. The van der Waals surface area contributed by atoms with E-state index in [2.05, 4.69) is 10.3 Å². The van der Waals surface area contributed by atoms with Crippen LogP contribution >= 0.6 is 22.7 Å². The summed E-state index contributed by atoms with van der Waals surface area (Å²) in [7, 11) is 0. The molecule has 7 heteroatoms. The number of hydrogen-bond acceptors (Lipinski definition) is 6. The molecule has 0 saturated heterocycles. The lowest BCUT2D eigenvalue weighted by atomic mass is 9.88. The lowest BCUT2D eigenvalue weighted by molar-refractivity contribution is -0.124. The van der Waals surface area contributed by atoms with E-state index in [1.807, 2.05) is 68.8 Å². The van der Waals surface area contributed by atoms with E-state index in [0.717, 1.165) is 15.3 Å². The van der Waals surface area contributed by atoms with Gasteiger partial charge in [-0.1, -0.05) is 26.0 Å². The monoisotopic (exact) mass is 425 g/mol. The number of thiophene rings is 2. The van der Waals surface area contributed by atoms with E-state index >= 15 is 0 Å². The van der Waals surface area contributed by atoms with Gasteiger partial charge in [-0.25, -0.2) is 4.99 Å². The molecule has 0 fully saturated rings. The summed E-state index contributed by atoms with van der Waals surface area (Å²) in [6, 6.07) is 9.62. The van der Waals surface area contributed by atoms with Crippen LogP contribution in [0, 0.1) is 12.8 Å². The molecule has 2 N–H and O–H groups in total. The van der Waals surface area contributed by atoms with E-state index in [-0.39, 0.29) is 11.8 Å². The minimum absolute atomic E-state index is 0.0300. The normalized spacial score (nSPS) is 19.5. The minimum Gasteiger partial charge on any atom is -0.374 e. The third-order valence-corrected chi connectivity index (χ3v) is 7.51. The van der Waals surface area contributed by atoms with Gasteiger partial charge in [-0.2, -0.15) is 0 Å². The van der Waals surface area contributed by atoms with E-state index in [9.17, 15) is 9.90 Å². The predicted molar refractivity (Wildman–Crippen MR) is 118 cm³/mol. The van der Waals surface area contributed by atoms with Gasteiger partial charge in [0, 0.05) is 21.5 Å². The van der Waals surface area contributed by atoms with Crippen LogP contribution < -0.4 is 5.32 Å². The van der Waals surface area contributed by atoms with E-state index in [1.165, 1.54) is 22.7 Å². The Balaban J connectivity index is 1.96. The number of nitrogens with zero attached hydrogens (tertiary/aromatic N) is 2. The first-order valence-corrected chi connectivity index (χ1v) is 11.2. The molecule has 5 nitrogen and oxygen atoms in total. The van der Waals surface area contributed by atoms with Crippen molar-refractivity contribution in [2.75, 3.05) is 0 Å². The fourth-order valence-corrected chi connectivity index (χ4v) is 5.21. The molecule has 0 aromatic carbocycles. The topological polar surface area (TPSA) is 74.6 Å². The molecular formula is C22H23N3O2S2. The van der Waals surface area contributed by atoms with Gasteiger partial charge in [0.2, 0.25) is 0 Å². The maximum absolute atomic E-state index is 12.7.